The van der Waals surface area contributed by atoms with Crippen molar-refractivity contribution in [3.63, 3.8) is 0 Å². The smallest absolute Gasteiger partial charge is 0.153 e. The molecule has 0 radical (unpaired) electrons. The predicted octanol–water partition coefficient (Wildman–Crippen LogP) is 2.08. The van der Waals surface area contributed by atoms with E-state index in [0.717, 1.165) is 11.8 Å². The van der Waals surface area contributed by atoms with E-state index in [1.165, 1.54) is 0 Å². The topological polar surface area (TPSA) is 44.1 Å². The average molecular weight is 230 g/mol. The van der Waals surface area contributed by atoms with Gasteiger partial charge in [0.2, 0.25) is 0 Å². The largest absolute Gasteiger partial charge is 0.491 e. The molecule has 0 unspecified atom stereocenters. The number of hydrogen-bond acceptors (Lipinski definition) is 3. The molecule has 1 heterocycles. The molecule has 2 rings (SSSR count). The lowest BCUT2D eigenvalue weighted by Crippen LogP contribution is -2.10. The first-order valence-corrected chi connectivity index (χ1v) is 5.46. The zero-order chi connectivity index (χ0) is 12.1. The van der Waals surface area contributed by atoms with Crippen molar-refractivity contribution in [1.29, 1.82) is 0 Å². The highest BCUT2D eigenvalue weighted by molar-refractivity contribution is 5.80. The van der Waals surface area contributed by atoms with E-state index in [1.807, 2.05) is 31.3 Å². The monoisotopic (exact) mass is 230 g/mol. The van der Waals surface area contributed by atoms with Gasteiger partial charge in [0.1, 0.15) is 12.4 Å². The molecular formula is C13H14N2O2. The Morgan fingerprint density at radius 3 is 3.00 bits per heavy atom. The highest BCUT2D eigenvalue weighted by Crippen LogP contribution is 2.21. The Morgan fingerprint density at radius 1 is 1.41 bits per heavy atom. The van der Waals surface area contributed by atoms with Crippen LogP contribution in [0, 0.1) is 6.92 Å². The second-order valence-electron chi connectivity index (χ2n) is 3.73. The van der Waals surface area contributed by atoms with Crippen LogP contribution in [0.5, 0.6) is 5.75 Å². The highest BCUT2D eigenvalue weighted by atomic mass is 16.5. The van der Waals surface area contributed by atoms with Crippen molar-refractivity contribution in [2.45, 2.75) is 13.5 Å². The fourth-order valence-corrected chi connectivity index (χ4v) is 1.64. The minimum Gasteiger partial charge on any atom is -0.491 e. The summed E-state index contributed by atoms with van der Waals surface area (Å²) >= 11 is 0. The van der Waals surface area contributed by atoms with Crippen LogP contribution in [0.25, 0.3) is 0 Å². The lowest BCUT2D eigenvalue weighted by atomic mass is 10.1. The molecule has 0 aliphatic rings. The summed E-state index contributed by atoms with van der Waals surface area (Å²) in [5, 5.41) is 4.08. The van der Waals surface area contributed by atoms with Gasteiger partial charge >= 0.3 is 0 Å². The Balaban J connectivity index is 2.01. The van der Waals surface area contributed by atoms with Crippen LogP contribution in [0.4, 0.5) is 0 Å². The summed E-state index contributed by atoms with van der Waals surface area (Å²) in [4.78, 5) is 10.9. The fraction of sp³-hybridized carbons (Fsp3) is 0.231. The van der Waals surface area contributed by atoms with E-state index in [0.29, 0.717) is 24.5 Å². The van der Waals surface area contributed by atoms with E-state index in [4.69, 9.17) is 4.74 Å². The van der Waals surface area contributed by atoms with Crippen molar-refractivity contribution in [2.75, 3.05) is 6.61 Å². The van der Waals surface area contributed by atoms with Crippen LogP contribution >= 0.6 is 0 Å². The van der Waals surface area contributed by atoms with Crippen LogP contribution in [0.3, 0.4) is 0 Å². The maximum absolute atomic E-state index is 10.9. The molecule has 0 fully saturated rings. The standard InChI is InChI=1S/C13H14N2O2/c1-11-4-2-5-12(10-16)13(11)17-9-8-15-7-3-6-14-15/h2-7,10H,8-9H2,1H3. The van der Waals surface area contributed by atoms with Gasteiger partial charge in [-0.25, -0.2) is 0 Å². The summed E-state index contributed by atoms with van der Waals surface area (Å²) in [5.41, 5.74) is 1.56. The van der Waals surface area contributed by atoms with Gasteiger partial charge in [0.05, 0.1) is 12.1 Å². The summed E-state index contributed by atoms with van der Waals surface area (Å²) in [7, 11) is 0. The number of aromatic nitrogens is 2. The Hall–Kier alpha value is -2.10. The van der Waals surface area contributed by atoms with E-state index in [1.54, 1.807) is 16.9 Å². The Labute approximate surface area is 99.8 Å². The molecule has 0 spiro atoms. The second-order valence-corrected chi connectivity index (χ2v) is 3.73. The van der Waals surface area contributed by atoms with E-state index in [2.05, 4.69) is 5.10 Å². The Morgan fingerprint density at radius 2 is 2.29 bits per heavy atom. The molecule has 4 heteroatoms. The van der Waals surface area contributed by atoms with Crippen LogP contribution < -0.4 is 4.74 Å². The highest BCUT2D eigenvalue weighted by Gasteiger charge is 2.05. The number of rotatable bonds is 5. The molecule has 2 aromatic rings. The molecule has 0 saturated heterocycles. The maximum Gasteiger partial charge on any atom is 0.153 e. The molecule has 1 aromatic heterocycles. The van der Waals surface area contributed by atoms with Gasteiger partial charge in [-0.05, 0) is 24.6 Å². The number of aryl methyl sites for hydroxylation is 1. The number of nitrogens with zero attached hydrogens (tertiary/aromatic N) is 2. The van der Waals surface area contributed by atoms with E-state index in [9.17, 15) is 4.79 Å². The van der Waals surface area contributed by atoms with Crippen LogP contribution in [0.1, 0.15) is 15.9 Å². The lowest BCUT2D eigenvalue weighted by Gasteiger charge is -2.11. The van der Waals surface area contributed by atoms with Gasteiger partial charge in [-0.3, -0.25) is 9.48 Å². The number of aldehydes is 1. The van der Waals surface area contributed by atoms with E-state index >= 15 is 0 Å². The third-order valence-electron chi connectivity index (χ3n) is 2.50. The number of carbonyl (C=O) groups excluding carboxylic acids is 1. The van der Waals surface area contributed by atoms with Crippen molar-refractivity contribution >= 4 is 6.29 Å². The molecule has 0 saturated carbocycles. The van der Waals surface area contributed by atoms with Crippen LogP contribution in [-0.2, 0) is 6.54 Å². The molecule has 0 aliphatic heterocycles. The van der Waals surface area contributed by atoms with Crippen molar-refractivity contribution in [3.05, 3.63) is 47.8 Å². The molecule has 0 N–H and O–H groups in total. The first-order chi connectivity index (χ1) is 8.31. The van der Waals surface area contributed by atoms with Crippen molar-refractivity contribution in [2.24, 2.45) is 0 Å². The number of para-hydroxylation sites is 1. The fourth-order valence-electron chi connectivity index (χ4n) is 1.64. The van der Waals surface area contributed by atoms with Gasteiger partial charge < -0.3 is 4.74 Å². The van der Waals surface area contributed by atoms with Crippen molar-refractivity contribution in [3.8, 4) is 5.75 Å². The van der Waals surface area contributed by atoms with Gasteiger partial charge in [-0.1, -0.05) is 12.1 Å². The van der Waals surface area contributed by atoms with Gasteiger partial charge in [0.25, 0.3) is 0 Å². The molecule has 0 atom stereocenters. The Kier molecular flexibility index (Phi) is 3.55. The molecular weight excluding hydrogens is 216 g/mol. The SMILES string of the molecule is Cc1cccc(C=O)c1OCCn1cccn1. The van der Waals surface area contributed by atoms with Gasteiger partial charge in [0.15, 0.2) is 6.29 Å². The normalized spacial score (nSPS) is 10.2. The number of ether oxygens (including phenoxy) is 1. The second kappa shape index (κ2) is 5.30. The van der Waals surface area contributed by atoms with Crippen molar-refractivity contribution in [1.82, 2.24) is 9.78 Å². The minimum absolute atomic E-state index is 0.493. The molecule has 88 valence electrons. The molecule has 0 aliphatic carbocycles. The zero-order valence-corrected chi connectivity index (χ0v) is 9.67. The molecule has 0 bridgehead atoms. The summed E-state index contributed by atoms with van der Waals surface area (Å²) < 4.78 is 7.43. The molecule has 1 aromatic carbocycles. The van der Waals surface area contributed by atoms with Crippen molar-refractivity contribution < 1.29 is 9.53 Å². The average Bonchev–Trinajstić information content (AvgIpc) is 2.84. The quantitative estimate of drug-likeness (QED) is 0.739. The number of benzene rings is 1. The summed E-state index contributed by atoms with van der Waals surface area (Å²) in [6, 6.07) is 7.39. The minimum atomic E-state index is 0.493. The van der Waals surface area contributed by atoms with E-state index < -0.39 is 0 Å². The van der Waals surface area contributed by atoms with Gasteiger partial charge in [0, 0.05) is 12.4 Å². The third-order valence-corrected chi connectivity index (χ3v) is 2.50. The van der Waals surface area contributed by atoms with E-state index in [-0.39, 0.29) is 0 Å². The summed E-state index contributed by atoms with van der Waals surface area (Å²) in [6.45, 7) is 3.09. The maximum atomic E-state index is 10.9. The number of hydrogen-bond donors (Lipinski definition) is 0. The molecule has 4 nitrogen and oxygen atoms in total. The third kappa shape index (κ3) is 2.72. The number of carbonyl (C=O) groups is 1. The van der Waals surface area contributed by atoms with Crippen LogP contribution in [0.15, 0.2) is 36.7 Å². The van der Waals surface area contributed by atoms with Gasteiger partial charge in [-0.2, -0.15) is 5.10 Å². The first-order valence-electron chi connectivity index (χ1n) is 5.46. The predicted molar refractivity (Wildman–Crippen MR) is 64.3 cm³/mol. The van der Waals surface area contributed by atoms with Crippen LogP contribution in [-0.4, -0.2) is 22.7 Å². The first kappa shape index (κ1) is 11.4. The lowest BCUT2D eigenvalue weighted by molar-refractivity contribution is 0.111. The summed E-state index contributed by atoms with van der Waals surface area (Å²) in [5.74, 6) is 0.662. The molecule has 0 amide bonds. The van der Waals surface area contributed by atoms with Gasteiger partial charge in [-0.15, -0.1) is 0 Å². The molecule has 17 heavy (non-hydrogen) atoms. The van der Waals surface area contributed by atoms with Crippen LogP contribution in [0.2, 0.25) is 0 Å². The zero-order valence-electron chi connectivity index (χ0n) is 9.67. The summed E-state index contributed by atoms with van der Waals surface area (Å²) in [6.07, 6.45) is 4.42. The Bertz CT molecular complexity index is 492.